The molecule has 0 unspecified atom stereocenters. The van der Waals surface area contributed by atoms with Crippen molar-refractivity contribution in [2.45, 2.75) is 32.4 Å². The van der Waals surface area contributed by atoms with Crippen LogP contribution in [0.3, 0.4) is 0 Å². The number of benzene rings is 1. The summed E-state index contributed by atoms with van der Waals surface area (Å²) in [6.45, 7) is 5.67. The topological polar surface area (TPSA) is 21.7 Å². The van der Waals surface area contributed by atoms with E-state index >= 15 is 0 Å². The predicted octanol–water partition coefficient (Wildman–Crippen LogP) is 4.28. The van der Waals surface area contributed by atoms with Crippen molar-refractivity contribution in [2.75, 3.05) is 26.9 Å². The van der Waals surface area contributed by atoms with Gasteiger partial charge in [-0.1, -0.05) is 19.1 Å². The summed E-state index contributed by atoms with van der Waals surface area (Å²) in [6, 6.07) is 11.4. The molecule has 2 aromatic rings. The molecule has 0 bridgehead atoms. The van der Waals surface area contributed by atoms with Crippen molar-refractivity contribution < 1.29 is 9.47 Å². The van der Waals surface area contributed by atoms with Crippen molar-refractivity contribution in [2.24, 2.45) is 0 Å². The molecule has 0 radical (unpaired) electrons. The first kappa shape index (κ1) is 16.5. The van der Waals surface area contributed by atoms with Crippen molar-refractivity contribution in [3.05, 3.63) is 51.7 Å². The van der Waals surface area contributed by atoms with Gasteiger partial charge in [-0.25, -0.2) is 0 Å². The molecular formula is C19H25NO2S. The van der Waals surface area contributed by atoms with Crippen LogP contribution in [-0.2, 0) is 17.7 Å². The number of nitrogens with zero attached hydrogens (tertiary/aromatic N) is 1. The van der Waals surface area contributed by atoms with E-state index < -0.39 is 0 Å². The van der Waals surface area contributed by atoms with Gasteiger partial charge in [0.2, 0.25) is 0 Å². The highest BCUT2D eigenvalue weighted by atomic mass is 32.1. The van der Waals surface area contributed by atoms with E-state index in [4.69, 9.17) is 9.47 Å². The third kappa shape index (κ3) is 3.94. The summed E-state index contributed by atoms with van der Waals surface area (Å²) >= 11 is 1.91. The van der Waals surface area contributed by atoms with Gasteiger partial charge in [-0.2, -0.15) is 0 Å². The number of hydrogen-bond donors (Lipinski definition) is 0. The molecule has 2 heterocycles. The first-order valence-electron chi connectivity index (χ1n) is 8.32. The van der Waals surface area contributed by atoms with Gasteiger partial charge in [0.1, 0.15) is 12.4 Å². The molecule has 124 valence electrons. The minimum atomic E-state index is 0.558. The minimum absolute atomic E-state index is 0.558. The molecule has 3 nitrogen and oxygen atoms in total. The van der Waals surface area contributed by atoms with Crippen LogP contribution in [0.1, 0.15) is 35.4 Å². The average Bonchev–Trinajstić information content (AvgIpc) is 3.05. The second-order valence-corrected chi connectivity index (χ2v) is 6.93. The molecule has 0 saturated carbocycles. The highest BCUT2D eigenvalue weighted by Gasteiger charge is 2.26. The zero-order valence-electron chi connectivity index (χ0n) is 14.0. The van der Waals surface area contributed by atoms with E-state index in [0.717, 1.165) is 18.8 Å². The van der Waals surface area contributed by atoms with Gasteiger partial charge in [0.25, 0.3) is 0 Å². The van der Waals surface area contributed by atoms with Gasteiger partial charge in [-0.05, 0) is 47.5 Å². The molecule has 1 atom stereocenters. The molecule has 3 rings (SSSR count). The second-order valence-electron chi connectivity index (χ2n) is 5.93. The van der Waals surface area contributed by atoms with Crippen LogP contribution in [0.15, 0.2) is 35.7 Å². The number of hydrogen-bond acceptors (Lipinski definition) is 4. The summed E-state index contributed by atoms with van der Waals surface area (Å²) in [7, 11) is 1.69. The summed E-state index contributed by atoms with van der Waals surface area (Å²) in [5.41, 5.74) is 2.89. The Balaban J connectivity index is 1.63. The third-order valence-corrected chi connectivity index (χ3v) is 5.45. The Bertz CT molecular complexity index is 608. The molecule has 1 aliphatic heterocycles. The van der Waals surface area contributed by atoms with E-state index in [0.29, 0.717) is 19.3 Å². The molecule has 0 N–H and O–H groups in total. The van der Waals surface area contributed by atoms with Crippen LogP contribution in [-0.4, -0.2) is 31.8 Å². The Kier molecular flexibility index (Phi) is 5.70. The van der Waals surface area contributed by atoms with Crippen LogP contribution in [0, 0.1) is 0 Å². The summed E-state index contributed by atoms with van der Waals surface area (Å²) < 4.78 is 10.6. The smallest absolute Gasteiger partial charge is 0.119 e. The summed E-state index contributed by atoms with van der Waals surface area (Å²) in [6.07, 6.45) is 2.35. The highest BCUT2D eigenvalue weighted by molar-refractivity contribution is 7.10. The lowest BCUT2D eigenvalue weighted by Gasteiger charge is -2.35. The van der Waals surface area contributed by atoms with Crippen molar-refractivity contribution >= 4 is 11.3 Å². The molecular weight excluding hydrogens is 306 g/mol. The Morgan fingerprint density at radius 1 is 1.17 bits per heavy atom. The molecule has 0 saturated heterocycles. The lowest BCUT2D eigenvalue weighted by atomic mass is 9.97. The van der Waals surface area contributed by atoms with Crippen molar-refractivity contribution in [3.8, 4) is 5.75 Å². The molecule has 0 spiro atoms. The fourth-order valence-corrected chi connectivity index (χ4v) is 4.21. The molecule has 1 aromatic carbocycles. The minimum Gasteiger partial charge on any atom is -0.491 e. The predicted molar refractivity (Wildman–Crippen MR) is 95.3 cm³/mol. The van der Waals surface area contributed by atoms with Crippen LogP contribution < -0.4 is 4.74 Å². The average molecular weight is 331 g/mol. The normalized spacial score (nSPS) is 17.9. The molecule has 0 amide bonds. The quantitative estimate of drug-likeness (QED) is 0.707. The van der Waals surface area contributed by atoms with Crippen LogP contribution in [0.25, 0.3) is 0 Å². The Morgan fingerprint density at radius 2 is 2.00 bits per heavy atom. The van der Waals surface area contributed by atoms with E-state index in [1.807, 2.05) is 11.3 Å². The zero-order valence-corrected chi connectivity index (χ0v) is 14.8. The van der Waals surface area contributed by atoms with Crippen molar-refractivity contribution in [1.82, 2.24) is 4.90 Å². The number of thiophene rings is 1. The maximum absolute atomic E-state index is 5.63. The molecule has 4 heteroatoms. The SMILES string of the molecule is CC[C@@H]1c2ccsc2CCN1Cc1ccc(OCCOC)cc1. The number of fused-ring (bicyclic) bond motifs is 1. The first-order valence-corrected chi connectivity index (χ1v) is 9.20. The van der Waals surface area contributed by atoms with Gasteiger partial charge in [0.15, 0.2) is 0 Å². The first-order chi connectivity index (χ1) is 11.3. The van der Waals surface area contributed by atoms with E-state index in [1.54, 1.807) is 17.6 Å². The standard InChI is InChI=1S/C19H25NO2S/c1-3-18-17-9-13-23-19(17)8-10-20(18)14-15-4-6-16(7-5-15)22-12-11-21-2/h4-7,9,13,18H,3,8,10-12,14H2,1-2H3/t18-/m1/s1. The number of methoxy groups -OCH3 is 1. The largest absolute Gasteiger partial charge is 0.491 e. The Morgan fingerprint density at radius 3 is 2.74 bits per heavy atom. The summed E-state index contributed by atoms with van der Waals surface area (Å²) in [5.74, 6) is 0.914. The Hall–Kier alpha value is -1.36. The van der Waals surface area contributed by atoms with Crippen LogP contribution in [0.2, 0.25) is 0 Å². The molecule has 1 aliphatic rings. The summed E-state index contributed by atoms with van der Waals surface area (Å²) in [4.78, 5) is 4.19. The Labute approximate surface area is 142 Å². The van der Waals surface area contributed by atoms with Crippen LogP contribution >= 0.6 is 11.3 Å². The maximum atomic E-state index is 5.63. The van der Waals surface area contributed by atoms with Gasteiger partial charge in [0, 0.05) is 31.1 Å². The third-order valence-electron chi connectivity index (χ3n) is 4.46. The van der Waals surface area contributed by atoms with Gasteiger partial charge in [-0.3, -0.25) is 4.90 Å². The highest BCUT2D eigenvalue weighted by Crippen LogP contribution is 2.36. The molecule has 0 aliphatic carbocycles. The molecule has 23 heavy (non-hydrogen) atoms. The lowest BCUT2D eigenvalue weighted by Crippen LogP contribution is -2.33. The molecule has 0 fully saturated rings. The fourth-order valence-electron chi connectivity index (χ4n) is 3.28. The van der Waals surface area contributed by atoms with E-state index in [-0.39, 0.29) is 0 Å². The zero-order chi connectivity index (χ0) is 16.1. The maximum Gasteiger partial charge on any atom is 0.119 e. The van der Waals surface area contributed by atoms with Crippen LogP contribution in [0.4, 0.5) is 0 Å². The fraction of sp³-hybridized carbons (Fsp3) is 0.474. The van der Waals surface area contributed by atoms with Crippen molar-refractivity contribution in [3.63, 3.8) is 0 Å². The lowest BCUT2D eigenvalue weighted by molar-refractivity contribution is 0.146. The van der Waals surface area contributed by atoms with E-state index in [9.17, 15) is 0 Å². The second kappa shape index (κ2) is 7.95. The summed E-state index contributed by atoms with van der Waals surface area (Å²) in [5, 5.41) is 2.24. The van der Waals surface area contributed by atoms with Crippen LogP contribution in [0.5, 0.6) is 5.75 Å². The van der Waals surface area contributed by atoms with Gasteiger partial charge < -0.3 is 9.47 Å². The van der Waals surface area contributed by atoms with Gasteiger partial charge in [-0.15, -0.1) is 11.3 Å². The number of ether oxygens (including phenoxy) is 2. The molecule has 1 aromatic heterocycles. The van der Waals surface area contributed by atoms with E-state index in [2.05, 4.69) is 47.5 Å². The van der Waals surface area contributed by atoms with Gasteiger partial charge >= 0.3 is 0 Å². The van der Waals surface area contributed by atoms with E-state index in [1.165, 1.54) is 18.4 Å². The number of rotatable bonds is 7. The monoisotopic (exact) mass is 331 g/mol. The van der Waals surface area contributed by atoms with Crippen molar-refractivity contribution in [1.29, 1.82) is 0 Å². The van der Waals surface area contributed by atoms with Gasteiger partial charge in [0.05, 0.1) is 6.61 Å².